The summed E-state index contributed by atoms with van der Waals surface area (Å²) >= 11 is 0. The predicted octanol–water partition coefficient (Wildman–Crippen LogP) is 2.09. The van der Waals surface area contributed by atoms with Crippen LogP contribution in [0.5, 0.6) is 0 Å². The van der Waals surface area contributed by atoms with Gasteiger partial charge in [-0.2, -0.15) is 0 Å². The van der Waals surface area contributed by atoms with Crippen LogP contribution in [-0.2, 0) is 16.1 Å². The Labute approximate surface area is 130 Å². The summed E-state index contributed by atoms with van der Waals surface area (Å²) in [5.74, 6) is 0.210. The molecule has 5 nitrogen and oxygen atoms in total. The van der Waals surface area contributed by atoms with E-state index in [1.165, 1.54) is 0 Å². The fourth-order valence-electron chi connectivity index (χ4n) is 3.67. The van der Waals surface area contributed by atoms with Crippen molar-refractivity contribution in [3.8, 4) is 0 Å². The SMILES string of the molecule is CC(O)[C@H]1C[C@@H]2OC(=O)N[C@@H]2[C@@H](OCc2ccccc2)[C@@H]1C. The van der Waals surface area contributed by atoms with Crippen molar-refractivity contribution in [3.63, 3.8) is 0 Å². The third kappa shape index (κ3) is 2.96. The molecule has 0 bridgehead atoms. The van der Waals surface area contributed by atoms with Gasteiger partial charge in [0, 0.05) is 0 Å². The number of amides is 1. The first-order valence-electron chi connectivity index (χ1n) is 7.87. The molecule has 2 fully saturated rings. The quantitative estimate of drug-likeness (QED) is 0.894. The van der Waals surface area contributed by atoms with E-state index in [9.17, 15) is 9.90 Å². The molecule has 1 amide bonds. The second-order valence-corrected chi connectivity index (χ2v) is 6.37. The fraction of sp³-hybridized carbons (Fsp3) is 0.588. The first-order valence-corrected chi connectivity index (χ1v) is 7.87. The Balaban J connectivity index is 1.74. The van der Waals surface area contributed by atoms with Gasteiger partial charge in [-0.15, -0.1) is 0 Å². The Bertz CT molecular complexity index is 519. The maximum Gasteiger partial charge on any atom is 0.407 e. The van der Waals surface area contributed by atoms with E-state index >= 15 is 0 Å². The monoisotopic (exact) mass is 305 g/mol. The van der Waals surface area contributed by atoms with Gasteiger partial charge in [-0.05, 0) is 30.7 Å². The molecule has 0 aromatic heterocycles. The normalized spacial score (nSPS) is 35.4. The third-order valence-corrected chi connectivity index (χ3v) is 4.90. The van der Waals surface area contributed by atoms with Gasteiger partial charge in [-0.1, -0.05) is 37.3 Å². The number of nitrogens with one attached hydrogen (secondary N) is 1. The summed E-state index contributed by atoms with van der Waals surface area (Å²) in [6.07, 6.45) is -0.540. The predicted molar refractivity (Wildman–Crippen MR) is 81.2 cm³/mol. The maximum atomic E-state index is 11.6. The number of carbonyl (C=O) groups excluding carboxylic acids is 1. The fourth-order valence-corrected chi connectivity index (χ4v) is 3.67. The lowest BCUT2D eigenvalue weighted by molar-refractivity contribution is -0.0985. The Morgan fingerprint density at radius 3 is 2.82 bits per heavy atom. The maximum absolute atomic E-state index is 11.6. The smallest absolute Gasteiger partial charge is 0.407 e. The topological polar surface area (TPSA) is 67.8 Å². The zero-order valence-electron chi connectivity index (χ0n) is 12.9. The first kappa shape index (κ1) is 15.3. The molecule has 1 unspecified atom stereocenters. The van der Waals surface area contributed by atoms with Gasteiger partial charge >= 0.3 is 6.09 Å². The summed E-state index contributed by atoms with van der Waals surface area (Å²) < 4.78 is 11.5. The van der Waals surface area contributed by atoms with Gasteiger partial charge in [-0.25, -0.2) is 4.79 Å². The summed E-state index contributed by atoms with van der Waals surface area (Å²) in [6, 6.07) is 9.82. The lowest BCUT2D eigenvalue weighted by Crippen LogP contribution is -2.55. The summed E-state index contributed by atoms with van der Waals surface area (Å²) in [5.41, 5.74) is 1.09. The number of fused-ring (bicyclic) bond motifs is 1. The van der Waals surface area contributed by atoms with Gasteiger partial charge in [0.15, 0.2) is 0 Å². The first-order chi connectivity index (χ1) is 10.6. The van der Waals surface area contributed by atoms with Crippen LogP contribution in [0.2, 0.25) is 0 Å². The van der Waals surface area contributed by atoms with E-state index < -0.39 is 6.10 Å². The number of aliphatic hydroxyl groups excluding tert-OH is 1. The second kappa shape index (κ2) is 6.26. The molecular formula is C17H23NO4. The van der Waals surface area contributed by atoms with Crippen LogP contribution in [-0.4, -0.2) is 35.6 Å². The van der Waals surface area contributed by atoms with Gasteiger partial charge in [-0.3, -0.25) is 0 Å². The van der Waals surface area contributed by atoms with Gasteiger partial charge in [0.25, 0.3) is 0 Å². The van der Waals surface area contributed by atoms with Crippen molar-refractivity contribution >= 4 is 6.09 Å². The Morgan fingerprint density at radius 1 is 1.41 bits per heavy atom. The number of aliphatic hydroxyl groups is 1. The van der Waals surface area contributed by atoms with E-state index in [2.05, 4.69) is 12.2 Å². The molecule has 1 aliphatic carbocycles. The van der Waals surface area contributed by atoms with Gasteiger partial charge < -0.3 is 19.9 Å². The number of carbonyl (C=O) groups is 1. The van der Waals surface area contributed by atoms with E-state index in [1.54, 1.807) is 6.92 Å². The second-order valence-electron chi connectivity index (χ2n) is 6.37. The minimum atomic E-state index is -0.446. The highest BCUT2D eigenvalue weighted by atomic mass is 16.6. The van der Waals surface area contributed by atoms with Crippen LogP contribution in [0.1, 0.15) is 25.8 Å². The number of rotatable bonds is 4. The number of ether oxygens (including phenoxy) is 2. The Hall–Kier alpha value is -1.59. The summed E-state index contributed by atoms with van der Waals surface area (Å²) in [7, 11) is 0. The number of hydrogen-bond acceptors (Lipinski definition) is 4. The molecule has 2 N–H and O–H groups in total. The molecule has 1 saturated heterocycles. The van der Waals surface area contributed by atoms with Crippen molar-refractivity contribution in [3.05, 3.63) is 35.9 Å². The molecule has 6 atom stereocenters. The molecule has 1 heterocycles. The average Bonchev–Trinajstić information content (AvgIpc) is 2.87. The van der Waals surface area contributed by atoms with Crippen LogP contribution in [0.15, 0.2) is 30.3 Å². The third-order valence-electron chi connectivity index (χ3n) is 4.90. The molecule has 1 aliphatic heterocycles. The average molecular weight is 305 g/mol. The van der Waals surface area contributed by atoms with Crippen molar-refractivity contribution in [2.75, 3.05) is 0 Å². The van der Waals surface area contributed by atoms with E-state index in [-0.39, 0.29) is 36.2 Å². The molecule has 22 heavy (non-hydrogen) atoms. The zero-order valence-corrected chi connectivity index (χ0v) is 12.9. The largest absolute Gasteiger partial charge is 0.444 e. The van der Waals surface area contributed by atoms with Crippen LogP contribution >= 0.6 is 0 Å². The standard InChI is InChI=1S/C17H23NO4/c1-10-13(11(2)19)8-14-15(18-17(20)22-14)16(10)21-9-12-6-4-3-5-7-12/h3-7,10-11,13-16,19H,8-9H2,1-2H3,(H,18,20)/t10-,11?,13+,14+,15+,16+/m1/s1. The van der Waals surface area contributed by atoms with E-state index in [0.29, 0.717) is 13.0 Å². The van der Waals surface area contributed by atoms with Gasteiger partial charge in [0.2, 0.25) is 0 Å². The minimum absolute atomic E-state index is 0.0646. The summed E-state index contributed by atoms with van der Waals surface area (Å²) in [4.78, 5) is 11.6. The molecular weight excluding hydrogens is 282 g/mol. The van der Waals surface area contributed by atoms with Gasteiger partial charge in [0.1, 0.15) is 6.10 Å². The van der Waals surface area contributed by atoms with Crippen molar-refractivity contribution < 1.29 is 19.4 Å². The summed E-state index contributed by atoms with van der Waals surface area (Å²) in [6.45, 7) is 4.36. The van der Waals surface area contributed by atoms with Crippen LogP contribution in [0.25, 0.3) is 0 Å². The van der Waals surface area contributed by atoms with Gasteiger partial charge in [0.05, 0.1) is 24.9 Å². The van der Waals surface area contributed by atoms with Crippen molar-refractivity contribution in [1.82, 2.24) is 5.32 Å². The van der Waals surface area contributed by atoms with E-state index in [4.69, 9.17) is 9.47 Å². The molecule has 2 aliphatic rings. The number of hydrogen-bond donors (Lipinski definition) is 2. The molecule has 0 spiro atoms. The van der Waals surface area contributed by atoms with Crippen LogP contribution < -0.4 is 5.32 Å². The molecule has 1 aromatic carbocycles. The molecule has 1 saturated carbocycles. The summed E-state index contributed by atoms with van der Waals surface area (Å²) in [5, 5.41) is 12.9. The molecule has 5 heteroatoms. The minimum Gasteiger partial charge on any atom is -0.444 e. The van der Waals surface area contributed by atoms with Crippen LogP contribution in [0, 0.1) is 11.8 Å². The molecule has 120 valence electrons. The van der Waals surface area contributed by atoms with Crippen molar-refractivity contribution in [2.24, 2.45) is 11.8 Å². The number of benzene rings is 1. The lowest BCUT2D eigenvalue weighted by Gasteiger charge is -2.42. The van der Waals surface area contributed by atoms with E-state index in [1.807, 2.05) is 30.3 Å². The highest BCUT2D eigenvalue weighted by Crippen LogP contribution is 2.38. The van der Waals surface area contributed by atoms with E-state index in [0.717, 1.165) is 5.56 Å². The Kier molecular flexibility index (Phi) is 4.36. The van der Waals surface area contributed by atoms with Crippen LogP contribution in [0.3, 0.4) is 0 Å². The Morgan fingerprint density at radius 2 is 2.14 bits per heavy atom. The molecule has 1 aromatic rings. The number of alkyl carbamates (subject to hydrolysis) is 1. The highest BCUT2D eigenvalue weighted by molar-refractivity contribution is 5.70. The van der Waals surface area contributed by atoms with Crippen molar-refractivity contribution in [1.29, 1.82) is 0 Å². The highest BCUT2D eigenvalue weighted by Gasteiger charge is 2.50. The zero-order chi connectivity index (χ0) is 15.7. The molecule has 3 rings (SSSR count). The van der Waals surface area contributed by atoms with Crippen LogP contribution in [0.4, 0.5) is 4.79 Å². The van der Waals surface area contributed by atoms with Crippen molar-refractivity contribution in [2.45, 2.75) is 51.2 Å². The lowest BCUT2D eigenvalue weighted by atomic mass is 9.72. The molecule has 0 radical (unpaired) electrons.